The summed E-state index contributed by atoms with van der Waals surface area (Å²) in [6, 6.07) is 21.3. The SMILES string of the molecule is O=C(NCCC(O)C(O)c1ccc(Br)c(CO)c1)OCC1c2ccccc2-c2ccccc21. The maximum absolute atomic E-state index is 12.3. The quantitative estimate of drug-likeness (QED) is 0.362. The molecule has 0 radical (unpaired) electrons. The fourth-order valence-corrected chi connectivity index (χ4v) is 4.62. The molecule has 0 fully saturated rings. The van der Waals surface area contributed by atoms with Gasteiger partial charge in [-0.15, -0.1) is 0 Å². The highest BCUT2D eigenvalue weighted by Gasteiger charge is 2.29. The molecule has 33 heavy (non-hydrogen) atoms. The molecule has 1 aliphatic carbocycles. The Kier molecular flexibility index (Phi) is 7.45. The monoisotopic (exact) mass is 511 g/mol. The van der Waals surface area contributed by atoms with Crippen molar-refractivity contribution in [1.82, 2.24) is 5.32 Å². The highest BCUT2D eigenvalue weighted by molar-refractivity contribution is 9.10. The fourth-order valence-electron chi connectivity index (χ4n) is 4.25. The van der Waals surface area contributed by atoms with Gasteiger partial charge in [0.2, 0.25) is 0 Å². The predicted octanol–water partition coefficient (Wildman–Crippen LogP) is 4.26. The topological polar surface area (TPSA) is 99.0 Å². The van der Waals surface area contributed by atoms with E-state index in [0.717, 1.165) is 26.7 Å². The lowest BCUT2D eigenvalue weighted by Gasteiger charge is -2.19. The first-order valence-corrected chi connectivity index (χ1v) is 11.6. The molecule has 0 aliphatic heterocycles. The Labute approximate surface area is 201 Å². The van der Waals surface area contributed by atoms with E-state index < -0.39 is 18.3 Å². The number of alkyl carbamates (subject to hydrolysis) is 1. The molecule has 2 atom stereocenters. The van der Waals surface area contributed by atoms with E-state index in [4.69, 9.17) is 4.74 Å². The average Bonchev–Trinajstić information content (AvgIpc) is 3.16. The number of nitrogens with one attached hydrogen (secondary N) is 1. The first kappa shape index (κ1) is 23.4. The normalized spacial score (nSPS) is 14.3. The first-order valence-electron chi connectivity index (χ1n) is 10.8. The molecule has 0 saturated carbocycles. The molecule has 0 saturated heterocycles. The van der Waals surface area contributed by atoms with Crippen LogP contribution >= 0.6 is 15.9 Å². The number of aliphatic hydroxyl groups is 3. The van der Waals surface area contributed by atoms with Crippen LogP contribution in [-0.2, 0) is 11.3 Å². The largest absolute Gasteiger partial charge is 0.449 e. The molecule has 7 heteroatoms. The number of amides is 1. The third-order valence-corrected chi connectivity index (χ3v) is 6.77. The van der Waals surface area contributed by atoms with Gasteiger partial charge in [0.15, 0.2) is 0 Å². The summed E-state index contributed by atoms with van der Waals surface area (Å²) in [5.74, 6) is -0.0197. The lowest BCUT2D eigenvalue weighted by molar-refractivity contribution is 0.0136. The van der Waals surface area contributed by atoms with Crippen molar-refractivity contribution in [3.05, 3.63) is 93.5 Å². The van der Waals surface area contributed by atoms with Gasteiger partial charge in [0.05, 0.1) is 12.7 Å². The summed E-state index contributed by atoms with van der Waals surface area (Å²) in [7, 11) is 0. The van der Waals surface area contributed by atoms with Crippen LogP contribution in [0.25, 0.3) is 11.1 Å². The smallest absolute Gasteiger partial charge is 0.407 e. The zero-order valence-electron chi connectivity index (χ0n) is 17.9. The third kappa shape index (κ3) is 5.12. The minimum atomic E-state index is -1.13. The predicted molar refractivity (Wildman–Crippen MR) is 129 cm³/mol. The van der Waals surface area contributed by atoms with Crippen LogP contribution in [0, 0.1) is 0 Å². The molecule has 3 aromatic rings. The molecule has 4 rings (SSSR count). The lowest BCUT2D eigenvalue weighted by Crippen LogP contribution is -2.30. The maximum Gasteiger partial charge on any atom is 0.407 e. The van der Waals surface area contributed by atoms with Crippen LogP contribution in [0.3, 0.4) is 0 Å². The van der Waals surface area contributed by atoms with E-state index in [1.165, 1.54) is 0 Å². The summed E-state index contributed by atoms with van der Waals surface area (Å²) in [4.78, 5) is 12.3. The number of fused-ring (bicyclic) bond motifs is 3. The zero-order valence-corrected chi connectivity index (χ0v) is 19.5. The number of carbonyl (C=O) groups is 1. The van der Waals surface area contributed by atoms with Gasteiger partial charge in [-0.2, -0.15) is 0 Å². The van der Waals surface area contributed by atoms with E-state index in [-0.39, 0.29) is 32.1 Å². The van der Waals surface area contributed by atoms with Crippen LogP contribution in [0.1, 0.15) is 40.7 Å². The van der Waals surface area contributed by atoms with Crippen LogP contribution in [-0.4, -0.2) is 40.7 Å². The molecule has 0 bridgehead atoms. The molecule has 1 amide bonds. The third-order valence-electron chi connectivity index (χ3n) is 6.00. The molecule has 3 aromatic carbocycles. The Morgan fingerprint density at radius 2 is 1.64 bits per heavy atom. The molecule has 0 spiro atoms. The first-order chi connectivity index (χ1) is 16.0. The number of hydrogen-bond donors (Lipinski definition) is 4. The van der Waals surface area contributed by atoms with Gasteiger partial charge in [0.25, 0.3) is 0 Å². The molecule has 6 nitrogen and oxygen atoms in total. The van der Waals surface area contributed by atoms with Crippen LogP contribution in [0.2, 0.25) is 0 Å². The van der Waals surface area contributed by atoms with E-state index in [1.807, 2.05) is 24.3 Å². The average molecular weight is 512 g/mol. The number of benzene rings is 3. The van der Waals surface area contributed by atoms with Gasteiger partial charge in [-0.1, -0.05) is 70.5 Å². The van der Waals surface area contributed by atoms with Crippen molar-refractivity contribution in [2.24, 2.45) is 0 Å². The van der Waals surface area contributed by atoms with Gasteiger partial charge in [-0.25, -0.2) is 4.79 Å². The van der Waals surface area contributed by atoms with Crippen LogP contribution < -0.4 is 5.32 Å². The number of halogens is 1. The summed E-state index contributed by atoms with van der Waals surface area (Å²) in [6.45, 7) is 0.187. The van der Waals surface area contributed by atoms with Crippen molar-refractivity contribution >= 4 is 22.0 Å². The highest BCUT2D eigenvalue weighted by atomic mass is 79.9. The number of carbonyl (C=O) groups excluding carboxylic acids is 1. The molecular formula is C26H26BrNO5. The van der Waals surface area contributed by atoms with Crippen LogP contribution in [0.15, 0.2) is 71.2 Å². The number of aliphatic hydroxyl groups excluding tert-OH is 3. The van der Waals surface area contributed by atoms with Crippen molar-refractivity contribution < 1.29 is 24.9 Å². The van der Waals surface area contributed by atoms with Gasteiger partial charge in [0, 0.05) is 16.9 Å². The second-order valence-corrected chi connectivity index (χ2v) is 8.92. The van der Waals surface area contributed by atoms with E-state index in [0.29, 0.717) is 11.1 Å². The Bertz CT molecular complexity index is 1090. The van der Waals surface area contributed by atoms with Crippen molar-refractivity contribution in [3.8, 4) is 11.1 Å². The molecular weight excluding hydrogens is 486 g/mol. The van der Waals surface area contributed by atoms with Crippen molar-refractivity contribution in [1.29, 1.82) is 0 Å². The molecule has 0 heterocycles. The molecule has 1 aliphatic rings. The van der Waals surface area contributed by atoms with Crippen molar-refractivity contribution in [2.75, 3.05) is 13.2 Å². The standard InChI is InChI=1S/C26H26BrNO5/c27-23-10-9-16(13-17(23)14-29)25(31)24(30)11-12-28-26(32)33-15-22-20-7-3-1-5-18(20)19-6-2-4-8-21(19)22/h1-10,13,22,24-25,29-31H,11-12,14-15H2,(H,28,32). The Hall–Kier alpha value is -2.71. The summed E-state index contributed by atoms with van der Waals surface area (Å²) in [5.41, 5.74) is 5.73. The molecule has 172 valence electrons. The zero-order chi connectivity index (χ0) is 23.4. The number of hydrogen-bond acceptors (Lipinski definition) is 5. The fraction of sp³-hybridized carbons (Fsp3) is 0.269. The summed E-state index contributed by atoms with van der Waals surface area (Å²) < 4.78 is 6.21. The van der Waals surface area contributed by atoms with Gasteiger partial charge in [-0.3, -0.25) is 0 Å². The Morgan fingerprint density at radius 3 is 2.27 bits per heavy atom. The summed E-state index contributed by atoms with van der Waals surface area (Å²) in [5, 5.41) is 32.7. The van der Waals surface area contributed by atoms with E-state index in [1.54, 1.807) is 18.2 Å². The van der Waals surface area contributed by atoms with Crippen molar-refractivity contribution in [3.63, 3.8) is 0 Å². The van der Waals surface area contributed by atoms with E-state index in [9.17, 15) is 20.1 Å². The molecule has 2 unspecified atom stereocenters. The number of ether oxygens (including phenoxy) is 1. The van der Waals surface area contributed by atoms with Crippen molar-refractivity contribution in [2.45, 2.75) is 31.2 Å². The maximum atomic E-state index is 12.3. The number of rotatable bonds is 8. The van der Waals surface area contributed by atoms with Gasteiger partial charge < -0.3 is 25.4 Å². The summed E-state index contributed by atoms with van der Waals surface area (Å²) in [6.07, 6.45) is -2.63. The molecule has 4 N–H and O–H groups in total. The van der Waals surface area contributed by atoms with Crippen LogP contribution in [0.5, 0.6) is 0 Å². The van der Waals surface area contributed by atoms with Gasteiger partial charge in [0.1, 0.15) is 12.7 Å². The lowest BCUT2D eigenvalue weighted by atomic mass is 9.98. The second kappa shape index (κ2) is 10.5. The second-order valence-electron chi connectivity index (χ2n) is 8.06. The van der Waals surface area contributed by atoms with Gasteiger partial charge >= 0.3 is 6.09 Å². The minimum Gasteiger partial charge on any atom is -0.449 e. The van der Waals surface area contributed by atoms with E-state index in [2.05, 4.69) is 45.5 Å². The Balaban J connectivity index is 1.28. The van der Waals surface area contributed by atoms with Gasteiger partial charge in [-0.05, 0) is 51.9 Å². The molecule has 0 aromatic heterocycles. The highest BCUT2D eigenvalue weighted by Crippen LogP contribution is 2.44. The summed E-state index contributed by atoms with van der Waals surface area (Å²) >= 11 is 3.33. The minimum absolute atomic E-state index is 0.0197. The Morgan fingerprint density at radius 1 is 1.00 bits per heavy atom. The van der Waals surface area contributed by atoms with E-state index >= 15 is 0 Å². The van der Waals surface area contributed by atoms with Crippen LogP contribution in [0.4, 0.5) is 4.79 Å².